The van der Waals surface area contributed by atoms with Crippen molar-refractivity contribution >= 4 is 37.8 Å². The van der Waals surface area contributed by atoms with Gasteiger partial charge in [0.05, 0.1) is 6.61 Å². The first-order chi connectivity index (χ1) is 9.04. The molecule has 1 rings (SSSR count). The number of carbonyl (C=O) groups is 1. The molecule has 0 aliphatic rings. The maximum atomic E-state index is 11.2. The molecule has 0 fully saturated rings. The zero-order chi connectivity index (χ0) is 14.3. The lowest BCUT2D eigenvalue weighted by molar-refractivity contribution is -0.143. The van der Waals surface area contributed by atoms with E-state index in [9.17, 15) is 4.79 Å². The Bertz CT molecular complexity index is 424. The quantitative estimate of drug-likeness (QED) is 0.554. The van der Waals surface area contributed by atoms with E-state index < -0.39 is 0 Å². The minimum Gasteiger partial charge on any atom is -0.466 e. The standard InChI is InChI=1S/C14H19Br2NO2/c1-2-19-14(18)6-4-3-5-13(17)11-9-10(15)7-8-12(11)16/h7-9,13H,2-6,17H2,1H3. The first kappa shape index (κ1) is 16.7. The molecule has 1 atom stereocenters. The van der Waals surface area contributed by atoms with Crippen LogP contribution in [0.3, 0.4) is 0 Å². The van der Waals surface area contributed by atoms with Gasteiger partial charge >= 0.3 is 5.97 Å². The van der Waals surface area contributed by atoms with Crippen LogP contribution in [0, 0.1) is 0 Å². The Morgan fingerprint density at radius 1 is 1.37 bits per heavy atom. The van der Waals surface area contributed by atoms with Crippen LogP contribution in [-0.4, -0.2) is 12.6 Å². The Morgan fingerprint density at radius 3 is 2.79 bits per heavy atom. The van der Waals surface area contributed by atoms with E-state index in [0.717, 1.165) is 33.8 Å². The maximum absolute atomic E-state index is 11.2. The molecule has 1 aromatic carbocycles. The highest BCUT2D eigenvalue weighted by molar-refractivity contribution is 9.11. The van der Waals surface area contributed by atoms with E-state index in [4.69, 9.17) is 10.5 Å². The van der Waals surface area contributed by atoms with Crippen LogP contribution in [0.25, 0.3) is 0 Å². The zero-order valence-electron chi connectivity index (χ0n) is 11.0. The second-order valence-corrected chi connectivity index (χ2v) is 6.09. The molecule has 0 amide bonds. The van der Waals surface area contributed by atoms with Crippen molar-refractivity contribution in [3.8, 4) is 0 Å². The normalized spacial score (nSPS) is 12.2. The minimum atomic E-state index is -0.125. The Hall–Kier alpha value is -0.390. The van der Waals surface area contributed by atoms with E-state index in [1.165, 1.54) is 0 Å². The van der Waals surface area contributed by atoms with Gasteiger partial charge in [0.25, 0.3) is 0 Å². The third kappa shape index (κ3) is 6.06. The van der Waals surface area contributed by atoms with Crippen molar-refractivity contribution in [2.45, 2.75) is 38.6 Å². The molecule has 0 radical (unpaired) electrons. The molecule has 2 N–H and O–H groups in total. The topological polar surface area (TPSA) is 52.3 Å². The monoisotopic (exact) mass is 391 g/mol. The van der Waals surface area contributed by atoms with Crippen LogP contribution in [0.2, 0.25) is 0 Å². The van der Waals surface area contributed by atoms with Crippen LogP contribution in [0.1, 0.15) is 44.2 Å². The predicted molar refractivity (Wildman–Crippen MR) is 83.9 cm³/mol. The summed E-state index contributed by atoms with van der Waals surface area (Å²) in [4.78, 5) is 11.2. The van der Waals surface area contributed by atoms with E-state index in [-0.39, 0.29) is 12.0 Å². The summed E-state index contributed by atoms with van der Waals surface area (Å²) in [5.74, 6) is -0.125. The molecule has 0 bridgehead atoms. The number of ether oxygens (including phenoxy) is 1. The van der Waals surface area contributed by atoms with Gasteiger partial charge in [-0.15, -0.1) is 0 Å². The molecule has 106 valence electrons. The SMILES string of the molecule is CCOC(=O)CCCCC(N)c1cc(Br)ccc1Br. The molecule has 0 saturated heterocycles. The number of benzene rings is 1. The first-order valence-electron chi connectivity index (χ1n) is 6.40. The van der Waals surface area contributed by atoms with Gasteiger partial charge < -0.3 is 10.5 Å². The van der Waals surface area contributed by atoms with Crippen molar-refractivity contribution in [3.05, 3.63) is 32.7 Å². The van der Waals surface area contributed by atoms with Crippen molar-refractivity contribution in [1.82, 2.24) is 0 Å². The van der Waals surface area contributed by atoms with Gasteiger partial charge in [-0.05, 0) is 43.5 Å². The third-order valence-electron chi connectivity index (χ3n) is 2.81. The summed E-state index contributed by atoms with van der Waals surface area (Å²) < 4.78 is 6.93. The van der Waals surface area contributed by atoms with Crippen LogP contribution in [0.4, 0.5) is 0 Å². The fraction of sp³-hybridized carbons (Fsp3) is 0.500. The largest absolute Gasteiger partial charge is 0.466 e. The van der Waals surface area contributed by atoms with E-state index in [1.54, 1.807) is 0 Å². The van der Waals surface area contributed by atoms with Gasteiger partial charge in [-0.25, -0.2) is 0 Å². The summed E-state index contributed by atoms with van der Waals surface area (Å²) in [5, 5.41) is 0. The van der Waals surface area contributed by atoms with Crippen LogP contribution in [0.5, 0.6) is 0 Å². The Kier molecular flexibility index (Phi) is 7.64. The van der Waals surface area contributed by atoms with Gasteiger partial charge in [-0.2, -0.15) is 0 Å². The zero-order valence-corrected chi connectivity index (χ0v) is 14.2. The summed E-state index contributed by atoms with van der Waals surface area (Å²) in [6.45, 7) is 2.27. The highest BCUT2D eigenvalue weighted by atomic mass is 79.9. The second kappa shape index (κ2) is 8.72. The van der Waals surface area contributed by atoms with Gasteiger partial charge in [0.15, 0.2) is 0 Å². The highest BCUT2D eigenvalue weighted by Crippen LogP contribution is 2.28. The molecule has 19 heavy (non-hydrogen) atoms. The molecule has 5 heteroatoms. The van der Waals surface area contributed by atoms with Crippen molar-refractivity contribution in [3.63, 3.8) is 0 Å². The lowest BCUT2D eigenvalue weighted by Gasteiger charge is -2.14. The summed E-state index contributed by atoms with van der Waals surface area (Å²) in [7, 11) is 0. The maximum Gasteiger partial charge on any atom is 0.305 e. The van der Waals surface area contributed by atoms with Crippen LogP contribution in [0.15, 0.2) is 27.1 Å². The smallest absolute Gasteiger partial charge is 0.305 e. The average molecular weight is 393 g/mol. The summed E-state index contributed by atoms with van der Waals surface area (Å²) in [6, 6.07) is 5.97. The number of rotatable bonds is 7. The number of esters is 1. The Balaban J connectivity index is 2.37. The van der Waals surface area contributed by atoms with Crippen molar-refractivity contribution in [2.24, 2.45) is 5.73 Å². The van der Waals surface area contributed by atoms with E-state index in [0.29, 0.717) is 13.0 Å². The third-order valence-corrected chi connectivity index (χ3v) is 4.02. The number of hydrogen-bond acceptors (Lipinski definition) is 3. The molecule has 0 spiro atoms. The van der Waals surface area contributed by atoms with Gasteiger partial charge in [0, 0.05) is 21.4 Å². The molecule has 0 aliphatic carbocycles. The second-order valence-electron chi connectivity index (χ2n) is 4.32. The molecule has 0 aliphatic heterocycles. The highest BCUT2D eigenvalue weighted by Gasteiger charge is 2.11. The molecular formula is C14H19Br2NO2. The minimum absolute atomic E-state index is 0.0194. The van der Waals surface area contributed by atoms with Crippen LogP contribution in [-0.2, 0) is 9.53 Å². The Labute approximate surface area is 131 Å². The summed E-state index contributed by atoms with van der Waals surface area (Å²) in [5.41, 5.74) is 7.26. The predicted octanol–water partition coefficient (Wildman–Crippen LogP) is 4.33. The molecular weight excluding hydrogens is 374 g/mol. The molecule has 0 saturated carbocycles. The molecule has 1 aromatic rings. The van der Waals surface area contributed by atoms with Gasteiger partial charge in [0.2, 0.25) is 0 Å². The fourth-order valence-electron chi connectivity index (χ4n) is 1.82. The lowest BCUT2D eigenvalue weighted by atomic mass is 10.0. The molecule has 1 unspecified atom stereocenters. The first-order valence-corrected chi connectivity index (χ1v) is 7.99. The van der Waals surface area contributed by atoms with E-state index >= 15 is 0 Å². The van der Waals surface area contributed by atoms with Gasteiger partial charge in [-0.1, -0.05) is 38.3 Å². The Morgan fingerprint density at radius 2 is 2.11 bits per heavy atom. The lowest BCUT2D eigenvalue weighted by Crippen LogP contribution is -2.11. The molecule has 0 aromatic heterocycles. The number of halogens is 2. The summed E-state index contributed by atoms with van der Waals surface area (Å²) >= 11 is 6.95. The van der Waals surface area contributed by atoms with E-state index in [1.807, 2.05) is 25.1 Å². The summed E-state index contributed by atoms with van der Waals surface area (Å²) in [6.07, 6.45) is 3.06. The van der Waals surface area contributed by atoms with Crippen molar-refractivity contribution < 1.29 is 9.53 Å². The molecule has 3 nitrogen and oxygen atoms in total. The number of hydrogen-bond donors (Lipinski definition) is 1. The van der Waals surface area contributed by atoms with Gasteiger partial charge in [0.1, 0.15) is 0 Å². The van der Waals surface area contributed by atoms with Crippen molar-refractivity contribution in [2.75, 3.05) is 6.61 Å². The van der Waals surface area contributed by atoms with Crippen LogP contribution < -0.4 is 5.73 Å². The average Bonchev–Trinajstić information content (AvgIpc) is 2.37. The fourth-order valence-corrected chi connectivity index (χ4v) is 2.74. The number of nitrogens with two attached hydrogens (primary N) is 1. The number of carbonyl (C=O) groups excluding carboxylic acids is 1. The van der Waals surface area contributed by atoms with Gasteiger partial charge in [-0.3, -0.25) is 4.79 Å². The molecule has 0 heterocycles. The van der Waals surface area contributed by atoms with Crippen LogP contribution >= 0.6 is 31.9 Å². The van der Waals surface area contributed by atoms with E-state index in [2.05, 4.69) is 31.9 Å². The van der Waals surface area contributed by atoms with Crippen molar-refractivity contribution in [1.29, 1.82) is 0 Å². The number of unbranched alkanes of at least 4 members (excludes halogenated alkanes) is 1.